The molecule has 1 N–H and O–H groups in total. The predicted molar refractivity (Wildman–Crippen MR) is 85.5 cm³/mol. The van der Waals surface area contributed by atoms with E-state index >= 15 is 0 Å². The average molecular weight is 275 g/mol. The number of rotatable bonds is 7. The lowest BCUT2D eigenvalue weighted by Crippen LogP contribution is -2.28. The number of hydrogen-bond acceptors (Lipinski definition) is 2. The van der Waals surface area contributed by atoms with E-state index in [9.17, 15) is 0 Å². The molecule has 1 aliphatic rings. The van der Waals surface area contributed by atoms with Crippen LogP contribution in [0.1, 0.15) is 57.4 Å². The first-order valence-corrected chi connectivity index (χ1v) is 8.20. The van der Waals surface area contributed by atoms with Crippen molar-refractivity contribution in [2.45, 2.75) is 51.9 Å². The van der Waals surface area contributed by atoms with E-state index in [1.807, 2.05) is 0 Å². The lowest BCUT2D eigenvalue weighted by atomic mass is 9.89. The van der Waals surface area contributed by atoms with Gasteiger partial charge in [0.2, 0.25) is 0 Å². The molecule has 1 aliphatic carbocycles. The Morgan fingerprint density at radius 1 is 1.15 bits per heavy atom. The third-order valence-electron chi connectivity index (χ3n) is 4.24. The van der Waals surface area contributed by atoms with Crippen LogP contribution in [0.3, 0.4) is 0 Å². The summed E-state index contributed by atoms with van der Waals surface area (Å²) < 4.78 is 5.93. The molecule has 2 nitrogen and oxygen atoms in total. The number of nitrogens with one attached hydrogen (secondary N) is 1. The van der Waals surface area contributed by atoms with E-state index in [4.69, 9.17) is 4.74 Å². The Morgan fingerprint density at radius 2 is 1.90 bits per heavy atom. The fraction of sp³-hybridized carbons (Fsp3) is 0.667. The van der Waals surface area contributed by atoms with Gasteiger partial charge in [0.15, 0.2) is 0 Å². The summed E-state index contributed by atoms with van der Waals surface area (Å²) in [5.41, 5.74) is 1.31. The molecule has 0 aliphatic heterocycles. The van der Waals surface area contributed by atoms with Crippen molar-refractivity contribution in [2.75, 3.05) is 19.7 Å². The van der Waals surface area contributed by atoms with Crippen molar-refractivity contribution in [1.82, 2.24) is 5.32 Å². The van der Waals surface area contributed by atoms with Crippen molar-refractivity contribution >= 4 is 0 Å². The Balaban J connectivity index is 1.65. The highest BCUT2D eigenvalue weighted by molar-refractivity contribution is 5.35. The number of para-hydroxylation sites is 1. The maximum Gasteiger partial charge on any atom is 0.122 e. The van der Waals surface area contributed by atoms with E-state index in [1.165, 1.54) is 37.7 Å². The smallest absolute Gasteiger partial charge is 0.122 e. The van der Waals surface area contributed by atoms with Crippen molar-refractivity contribution < 1.29 is 4.74 Å². The molecule has 20 heavy (non-hydrogen) atoms. The highest BCUT2D eigenvalue weighted by Crippen LogP contribution is 2.25. The largest absolute Gasteiger partial charge is 0.492 e. The van der Waals surface area contributed by atoms with Crippen molar-refractivity contribution in [1.29, 1.82) is 0 Å². The fourth-order valence-corrected chi connectivity index (χ4v) is 3.02. The maximum atomic E-state index is 5.93. The Bertz CT molecular complexity index is 383. The van der Waals surface area contributed by atoms with Crippen LogP contribution in [0, 0.1) is 5.92 Å². The van der Waals surface area contributed by atoms with Gasteiger partial charge in [-0.1, -0.05) is 51.3 Å². The minimum absolute atomic E-state index is 0.515. The molecule has 0 radical (unpaired) electrons. The van der Waals surface area contributed by atoms with Crippen molar-refractivity contribution in [2.24, 2.45) is 5.92 Å². The number of ether oxygens (including phenoxy) is 1. The quantitative estimate of drug-likeness (QED) is 0.747. The Kier molecular flexibility index (Phi) is 6.38. The molecule has 1 aromatic carbocycles. The third kappa shape index (κ3) is 4.82. The molecule has 0 saturated heterocycles. The molecule has 1 saturated carbocycles. The standard InChI is InChI=1S/C18H29NO/c1-15(2)17-10-6-7-11-18(17)20-13-12-19-14-16-8-4-3-5-9-16/h6-7,10-11,15-16,19H,3-5,8-9,12-14H2,1-2H3. The molecule has 0 amide bonds. The molecule has 0 aromatic heterocycles. The fourth-order valence-electron chi connectivity index (χ4n) is 3.02. The summed E-state index contributed by atoms with van der Waals surface area (Å²) in [6.45, 7) is 7.29. The lowest BCUT2D eigenvalue weighted by molar-refractivity contribution is 0.292. The third-order valence-corrected chi connectivity index (χ3v) is 4.24. The van der Waals surface area contributed by atoms with E-state index in [0.717, 1.165) is 31.4 Å². The minimum Gasteiger partial charge on any atom is -0.492 e. The SMILES string of the molecule is CC(C)c1ccccc1OCCNCC1CCCCC1. The van der Waals surface area contributed by atoms with Gasteiger partial charge in [0.1, 0.15) is 12.4 Å². The molecule has 0 spiro atoms. The summed E-state index contributed by atoms with van der Waals surface area (Å²) in [4.78, 5) is 0. The zero-order chi connectivity index (χ0) is 14.2. The van der Waals surface area contributed by atoms with Crippen LogP contribution < -0.4 is 10.1 Å². The van der Waals surface area contributed by atoms with Crippen LogP contribution in [-0.2, 0) is 0 Å². The van der Waals surface area contributed by atoms with Crippen molar-refractivity contribution in [3.05, 3.63) is 29.8 Å². The molecule has 0 heterocycles. The summed E-state index contributed by atoms with van der Waals surface area (Å²) in [7, 11) is 0. The molecule has 0 atom stereocenters. The highest BCUT2D eigenvalue weighted by Gasteiger charge is 2.12. The van der Waals surface area contributed by atoms with E-state index < -0.39 is 0 Å². The average Bonchev–Trinajstić information content (AvgIpc) is 2.48. The van der Waals surface area contributed by atoms with Crippen molar-refractivity contribution in [3.8, 4) is 5.75 Å². The summed E-state index contributed by atoms with van der Waals surface area (Å²) >= 11 is 0. The lowest BCUT2D eigenvalue weighted by Gasteiger charge is -2.22. The predicted octanol–water partition coefficient (Wildman–Crippen LogP) is 4.36. The Hall–Kier alpha value is -1.02. The molecular formula is C18H29NO. The summed E-state index contributed by atoms with van der Waals surface area (Å²) in [6, 6.07) is 8.38. The van der Waals surface area contributed by atoms with E-state index in [2.05, 4.69) is 43.4 Å². The van der Waals surface area contributed by atoms with Gasteiger partial charge in [0.25, 0.3) is 0 Å². The minimum atomic E-state index is 0.515. The van der Waals surface area contributed by atoms with Crippen molar-refractivity contribution in [3.63, 3.8) is 0 Å². The normalized spacial score (nSPS) is 16.6. The van der Waals surface area contributed by atoms with Gasteiger partial charge in [0, 0.05) is 6.54 Å². The maximum absolute atomic E-state index is 5.93. The van der Waals surface area contributed by atoms with Crippen LogP contribution in [0.2, 0.25) is 0 Å². The van der Waals surface area contributed by atoms with Crippen LogP contribution in [-0.4, -0.2) is 19.7 Å². The van der Waals surface area contributed by atoms with E-state index in [-0.39, 0.29) is 0 Å². The second-order valence-electron chi connectivity index (χ2n) is 6.25. The monoisotopic (exact) mass is 275 g/mol. The second kappa shape index (κ2) is 8.31. The van der Waals surface area contributed by atoms with E-state index in [0.29, 0.717) is 5.92 Å². The Labute approximate surface area is 123 Å². The van der Waals surface area contributed by atoms with Gasteiger partial charge in [-0.25, -0.2) is 0 Å². The first-order valence-electron chi connectivity index (χ1n) is 8.20. The van der Waals surface area contributed by atoms with Gasteiger partial charge in [-0.05, 0) is 42.9 Å². The first kappa shape index (κ1) is 15.4. The molecule has 2 heteroatoms. The van der Waals surface area contributed by atoms with Crippen LogP contribution in [0.4, 0.5) is 0 Å². The van der Waals surface area contributed by atoms with Gasteiger partial charge in [0.05, 0.1) is 0 Å². The van der Waals surface area contributed by atoms with Gasteiger partial charge in [-0.2, -0.15) is 0 Å². The first-order chi connectivity index (χ1) is 9.77. The van der Waals surface area contributed by atoms with Gasteiger partial charge in [-0.15, -0.1) is 0 Å². The zero-order valence-corrected chi connectivity index (χ0v) is 13.0. The Morgan fingerprint density at radius 3 is 2.65 bits per heavy atom. The molecule has 0 unspecified atom stereocenters. The molecule has 0 bridgehead atoms. The number of benzene rings is 1. The van der Waals surface area contributed by atoms with Crippen LogP contribution in [0.15, 0.2) is 24.3 Å². The zero-order valence-electron chi connectivity index (χ0n) is 13.0. The molecule has 2 rings (SSSR count). The summed E-state index contributed by atoms with van der Waals surface area (Å²) in [5.74, 6) is 2.45. The number of hydrogen-bond donors (Lipinski definition) is 1. The molecular weight excluding hydrogens is 246 g/mol. The molecule has 1 fully saturated rings. The van der Waals surface area contributed by atoms with E-state index in [1.54, 1.807) is 0 Å². The van der Waals surface area contributed by atoms with Crippen LogP contribution in [0.5, 0.6) is 5.75 Å². The molecule has 1 aromatic rings. The van der Waals surface area contributed by atoms with Crippen LogP contribution >= 0.6 is 0 Å². The van der Waals surface area contributed by atoms with Crippen LogP contribution in [0.25, 0.3) is 0 Å². The van der Waals surface area contributed by atoms with Gasteiger partial charge >= 0.3 is 0 Å². The second-order valence-corrected chi connectivity index (χ2v) is 6.25. The van der Waals surface area contributed by atoms with Gasteiger partial charge in [-0.3, -0.25) is 0 Å². The summed E-state index contributed by atoms with van der Waals surface area (Å²) in [6.07, 6.45) is 7.09. The molecule has 112 valence electrons. The van der Waals surface area contributed by atoms with Gasteiger partial charge < -0.3 is 10.1 Å². The summed E-state index contributed by atoms with van der Waals surface area (Å²) in [5, 5.41) is 3.55. The topological polar surface area (TPSA) is 21.3 Å². The highest BCUT2D eigenvalue weighted by atomic mass is 16.5.